The quantitative estimate of drug-likeness (QED) is 0.258. The molecule has 1 aliphatic rings. The van der Waals surface area contributed by atoms with Crippen molar-refractivity contribution < 1.29 is 22.7 Å². The maximum absolute atomic E-state index is 13.5. The normalized spacial score (nSPS) is 14.2. The molecule has 0 spiro atoms. The van der Waals surface area contributed by atoms with Gasteiger partial charge in [-0.05, 0) is 61.4 Å². The predicted molar refractivity (Wildman–Crippen MR) is 134 cm³/mol. The third-order valence-electron chi connectivity index (χ3n) is 5.78. The van der Waals surface area contributed by atoms with Crippen molar-refractivity contribution in [3.8, 4) is 11.4 Å². The SMILES string of the molecule is NCCNC(=O)Nc1ccc(-c2nc(NCCO)cc(C3(S(=O)(=O)c4ccc(F)cc4)CC3)n2)cc1. The third kappa shape index (κ3) is 5.30. The highest BCUT2D eigenvalue weighted by Crippen LogP contribution is 2.55. The Morgan fingerprint density at radius 3 is 2.36 bits per heavy atom. The van der Waals surface area contributed by atoms with Crippen LogP contribution in [-0.2, 0) is 14.6 Å². The van der Waals surface area contributed by atoms with Crippen molar-refractivity contribution in [2.24, 2.45) is 5.73 Å². The minimum absolute atomic E-state index is 0.0229. The van der Waals surface area contributed by atoms with Crippen LogP contribution in [0.1, 0.15) is 18.5 Å². The molecule has 190 valence electrons. The number of urea groups is 1. The first kappa shape index (κ1) is 25.5. The van der Waals surface area contributed by atoms with Crippen LogP contribution in [0, 0.1) is 5.82 Å². The summed E-state index contributed by atoms with van der Waals surface area (Å²) in [5.74, 6) is 0.133. The molecule has 0 aliphatic heterocycles. The average molecular weight is 515 g/mol. The second kappa shape index (κ2) is 10.6. The van der Waals surface area contributed by atoms with Gasteiger partial charge in [-0.15, -0.1) is 0 Å². The smallest absolute Gasteiger partial charge is 0.319 e. The molecule has 0 atom stereocenters. The number of halogens is 1. The molecule has 2 amide bonds. The summed E-state index contributed by atoms with van der Waals surface area (Å²) in [6.45, 7) is 0.746. The summed E-state index contributed by atoms with van der Waals surface area (Å²) in [5.41, 5.74) is 6.85. The fourth-order valence-electron chi connectivity index (χ4n) is 3.76. The van der Waals surface area contributed by atoms with Crippen molar-refractivity contribution in [2.45, 2.75) is 22.5 Å². The van der Waals surface area contributed by atoms with Gasteiger partial charge in [-0.25, -0.2) is 27.6 Å². The molecule has 0 bridgehead atoms. The van der Waals surface area contributed by atoms with Crippen molar-refractivity contribution in [3.63, 3.8) is 0 Å². The molecule has 4 rings (SSSR count). The molecule has 6 N–H and O–H groups in total. The first-order chi connectivity index (χ1) is 17.3. The van der Waals surface area contributed by atoms with E-state index in [0.29, 0.717) is 48.7 Å². The van der Waals surface area contributed by atoms with Crippen LogP contribution < -0.4 is 21.7 Å². The Kier molecular flexibility index (Phi) is 7.48. The van der Waals surface area contributed by atoms with Crippen molar-refractivity contribution in [1.82, 2.24) is 15.3 Å². The molecule has 10 nitrogen and oxygen atoms in total. The van der Waals surface area contributed by atoms with Gasteiger partial charge in [0, 0.05) is 37.0 Å². The first-order valence-electron chi connectivity index (χ1n) is 11.4. The molecule has 1 aromatic heterocycles. The second-order valence-corrected chi connectivity index (χ2v) is 10.6. The van der Waals surface area contributed by atoms with E-state index in [0.717, 1.165) is 12.1 Å². The zero-order chi connectivity index (χ0) is 25.8. The van der Waals surface area contributed by atoms with Crippen LogP contribution in [0.15, 0.2) is 59.5 Å². The third-order valence-corrected chi connectivity index (χ3v) is 8.32. The monoisotopic (exact) mass is 514 g/mol. The van der Waals surface area contributed by atoms with E-state index in [1.165, 1.54) is 12.1 Å². The van der Waals surface area contributed by atoms with Crippen molar-refractivity contribution in [1.29, 1.82) is 0 Å². The van der Waals surface area contributed by atoms with E-state index in [4.69, 9.17) is 5.73 Å². The number of nitrogens with two attached hydrogens (primary N) is 1. The van der Waals surface area contributed by atoms with Crippen molar-refractivity contribution >= 4 is 27.4 Å². The van der Waals surface area contributed by atoms with Crippen LogP contribution in [0.25, 0.3) is 11.4 Å². The Labute approximate surface area is 208 Å². The standard InChI is InChI=1S/C24H27FN6O4S/c25-17-3-7-19(8-4-17)36(34,35)24(9-10-24)20-15-21(27-13-14-32)31-22(30-20)16-1-5-18(6-2-16)29-23(33)28-12-11-26/h1-8,15,32H,9-14,26H2,(H,27,30,31)(H2,28,29,33). The molecular formula is C24H27FN6O4S. The molecule has 2 aromatic carbocycles. The minimum atomic E-state index is -3.86. The first-order valence-corrected chi connectivity index (χ1v) is 12.9. The zero-order valence-corrected chi connectivity index (χ0v) is 20.2. The summed E-state index contributed by atoms with van der Waals surface area (Å²) in [4.78, 5) is 21.0. The molecule has 12 heteroatoms. The van der Waals surface area contributed by atoms with Gasteiger partial charge in [-0.3, -0.25) is 0 Å². The number of carbonyl (C=O) groups excluding carboxylic acids is 1. The van der Waals surface area contributed by atoms with Crippen LogP contribution in [0.2, 0.25) is 0 Å². The molecule has 1 fully saturated rings. The van der Waals surface area contributed by atoms with E-state index in [2.05, 4.69) is 25.9 Å². The van der Waals surface area contributed by atoms with Gasteiger partial charge in [0.15, 0.2) is 15.7 Å². The number of anilines is 2. The molecule has 0 radical (unpaired) electrons. The summed E-state index contributed by atoms with van der Waals surface area (Å²) >= 11 is 0. The van der Waals surface area contributed by atoms with Crippen LogP contribution in [0.4, 0.5) is 20.7 Å². The van der Waals surface area contributed by atoms with E-state index < -0.39 is 20.4 Å². The minimum Gasteiger partial charge on any atom is -0.395 e. The number of aliphatic hydroxyl groups excluding tert-OH is 1. The van der Waals surface area contributed by atoms with Crippen LogP contribution in [0.3, 0.4) is 0 Å². The number of nitrogens with zero attached hydrogens (tertiary/aromatic N) is 2. The molecule has 3 aromatic rings. The lowest BCUT2D eigenvalue weighted by atomic mass is 10.1. The van der Waals surface area contributed by atoms with Crippen LogP contribution >= 0.6 is 0 Å². The number of aromatic nitrogens is 2. The van der Waals surface area contributed by atoms with E-state index in [1.54, 1.807) is 30.3 Å². The van der Waals surface area contributed by atoms with Crippen molar-refractivity contribution in [2.75, 3.05) is 36.9 Å². The summed E-state index contributed by atoms with van der Waals surface area (Å²) in [7, 11) is -3.86. The van der Waals surface area contributed by atoms with Crippen LogP contribution in [0.5, 0.6) is 0 Å². The Balaban J connectivity index is 1.68. The average Bonchev–Trinajstić information content (AvgIpc) is 3.70. The van der Waals surface area contributed by atoms with Gasteiger partial charge in [-0.2, -0.15) is 0 Å². The van der Waals surface area contributed by atoms with E-state index >= 15 is 0 Å². The van der Waals surface area contributed by atoms with E-state index in [9.17, 15) is 22.7 Å². The number of sulfone groups is 1. The van der Waals surface area contributed by atoms with E-state index in [1.807, 2.05) is 0 Å². The number of rotatable bonds is 10. The Hall–Kier alpha value is -3.61. The van der Waals surface area contributed by atoms with Crippen molar-refractivity contribution in [3.05, 3.63) is 66.1 Å². The highest BCUT2D eigenvalue weighted by molar-refractivity contribution is 7.92. The van der Waals surface area contributed by atoms with Crippen LogP contribution in [-0.4, -0.2) is 55.8 Å². The van der Waals surface area contributed by atoms with Gasteiger partial charge in [0.05, 0.1) is 17.2 Å². The molecule has 0 unspecified atom stereocenters. The maximum atomic E-state index is 13.5. The zero-order valence-electron chi connectivity index (χ0n) is 19.4. The van der Waals surface area contributed by atoms with Gasteiger partial charge in [0.1, 0.15) is 16.4 Å². The number of carbonyl (C=O) groups is 1. The Bertz CT molecular complexity index is 1330. The largest absolute Gasteiger partial charge is 0.395 e. The van der Waals surface area contributed by atoms with Gasteiger partial charge in [-0.1, -0.05) is 0 Å². The second-order valence-electron chi connectivity index (χ2n) is 8.31. The Morgan fingerprint density at radius 1 is 1.06 bits per heavy atom. The fourth-order valence-corrected chi connectivity index (χ4v) is 5.73. The lowest BCUT2D eigenvalue weighted by Crippen LogP contribution is -2.32. The lowest BCUT2D eigenvalue weighted by molar-refractivity contribution is 0.252. The highest BCUT2D eigenvalue weighted by atomic mass is 32.2. The number of nitrogens with one attached hydrogen (secondary N) is 3. The van der Waals surface area contributed by atoms with Gasteiger partial charge in [0.25, 0.3) is 0 Å². The lowest BCUT2D eigenvalue weighted by Gasteiger charge is -2.18. The summed E-state index contributed by atoms with van der Waals surface area (Å²) < 4.78 is 39.2. The number of aliphatic hydroxyl groups is 1. The number of benzene rings is 2. The van der Waals surface area contributed by atoms with Gasteiger partial charge < -0.3 is 26.8 Å². The summed E-state index contributed by atoms with van der Waals surface area (Å²) in [5, 5.41) is 17.5. The summed E-state index contributed by atoms with van der Waals surface area (Å²) in [6.07, 6.45) is 0.729. The fraction of sp³-hybridized carbons (Fsp3) is 0.292. The molecular weight excluding hydrogens is 487 g/mol. The predicted octanol–water partition coefficient (Wildman–Crippen LogP) is 2.23. The van der Waals surface area contributed by atoms with E-state index in [-0.39, 0.29) is 29.9 Å². The Morgan fingerprint density at radius 2 is 1.75 bits per heavy atom. The highest BCUT2D eigenvalue weighted by Gasteiger charge is 2.58. The molecule has 0 saturated heterocycles. The van der Waals surface area contributed by atoms with Gasteiger partial charge in [0.2, 0.25) is 0 Å². The van der Waals surface area contributed by atoms with Gasteiger partial charge >= 0.3 is 6.03 Å². The number of amides is 2. The maximum Gasteiger partial charge on any atom is 0.319 e. The number of hydrogen-bond acceptors (Lipinski definition) is 8. The molecule has 1 heterocycles. The topological polar surface area (TPSA) is 159 Å². The molecule has 1 aliphatic carbocycles. The summed E-state index contributed by atoms with van der Waals surface area (Å²) in [6, 6.07) is 12.7. The number of hydrogen-bond donors (Lipinski definition) is 5. The molecule has 36 heavy (non-hydrogen) atoms. The molecule has 1 saturated carbocycles.